The van der Waals surface area contributed by atoms with Gasteiger partial charge in [-0.05, 0) is 61.6 Å². The second-order valence-electron chi connectivity index (χ2n) is 8.00. The molecule has 0 spiro atoms. The summed E-state index contributed by atoms with van der Waals surface area (Å²) in [6.07, 6.45) is 4.14. The van der Waals surface area contributed by atoms with E-state index in [0.717, 1.165) is 37.1 Å². The number of anilines is 1. The van der Waals surface area contributed by atoms with Gasteiger partial charge in [0.2, 0.25) is 5.78 Å². The van der Waals surface area contributed by atoms with Crippen molar-refractivity contribution in [3.05, 3.63) is 94.6 Å². The highest BCUT2D eigenvalue weighted by atomic mass is 19.1. The van der Waals surface area contributed by atoms with Crippen LogP contribution in [0.4, 0.5) is 10.1 Å². The first kappa shape index (κ1) is 19.8. The number of aryl methyl sites for hydroxylation is 2. The molecule has 5 rings (SSSR count). The monoisotopic (exact) mass is 424 g/mol. The number of carbonyl (C=O) groups is 1. The number of nitriles is 1. The molecule has 3 N–H and O–H groups in total. The van der Waals surface area contributed by atoms with Crippen molar-refractivity contribution in [2.24, 2.45) is 0 Å². The lowest BCUT2D eigenvalue weighted by Gasteiger charge is -2.13. The summed E-state index contributed by atoms with van der Waals surface area (Å²) in [5, 5.41) is 10.0. The van der Waals surface area contributed by atoms with Crippen LogP contribution in [0.1, 0.15) is 45.7 Å². The lowest BCUT2D eigenvalue weighted by atomic mass is 9.98. The van der Waals surface area contributed by atoms with Crippen LogP contribution in [0, 0.1) is 17.1 Å². The Morgan fingerprint density at radius 3 is 2.47 bits per heavy atom. The summed E-state index contributed by atoms with van der Waals surface area (Å²) in [6, 6.07) is 18.9. The fourth-order valence-electron chi connectivity index (χ4n) is 4.49. The van der Waals surface area contributed by atoms with Gasteiger partial charge in [-0.25, -0.2) is 4.39 Å². The molecule has 2 aromatic heterocycles. The van der Waals surface area contributed by atoms with Crippen LogP contribution in [-0.4, -0.2) is 15.3 Å². The van der Waals surface area contributed by atoms with Gasteiger partial charge in [0.25, 0.3) is 0 Å². The summed E-state index contributed by atoms with van der Waals surface area (Å²) in [5.41, 5.74) is 11.6. The Labute approximate surface area is 184 Å². The van der Waals surface area contributed by atoms with Gasteiger partial charge in [0.15, 0.2) is 0 Å². The molecule has 6 heteroatoms. The number of nitrogens with one attached hydrogen (secondary N) is 1. The Morgan fingerprint density at radius 1 is 1.06 bits per heavy atom. The lowest BCUT2D eigenvalue weighted by Crippen LogP contribution is -2.12. The van der Waals surface area contributed by atoms with Gasteiger partial charge in [0.05, 0.1) is 17.1 Å². The molecule has 0 saturated carbocycles. The molecule has 2 aromatic carbocycles. The van der Waals surface area contributed by atoms with Crippen molar-refractivity contribution in [3.63, 3.8) is 0 Å². The Hall–Kier alpha value is -4.11. The maximum absolute atomic E-state index is 13.7. The third-order valence-corrected chi connectivity index (χ3v) is 6.03. The van der Waals surface area contributed by atoms with Crippen LogP contribution in [0.15, 0.2) is 60.7 Å². The van der Waals surface area contributed by atoms with Gasteiger partial charge < -0.3 is 15.3 Å². The minimum Gasteiger partial charge on any atom is -0.396 e. The molecule has 0 bridgehead atoms. The predicted octanol–water partition coefficient (Wildman–Crippen LogP) is 5.18. The van der Waals surface area contributed by atoms with Gasteiger partial charge in [0.1, 0.15) is 23.1 Å². The van der Waals surface area contributed by atoms with Gasteiger partial charge in [-0.1, -0.05) is 30.3 Å². The van der Waals surface area contributed by atoms with Crippen molar-refractivity contribution in [3.8, 4) is 23.1 Å². The molecule has 158 valence electrons. The van der Waals surface area contributed by atoms with Crippen LogP contribution in [0.3, 0.4) is 0 Å². The van der Waals surface area contributed by atoms with Gasteiger partial charge in [0, 0.05) is 16.9 Å². The highest BCUT2D eigenvalue weighted by molar-refractivity contribution is 6.13. The molecular weight excluding hydrogens is 403 g/mol. The summed E-state index contributed by atoms with van der Waals surface area (Å²) in [7, 11) is 0. The molecule has 4 aromatic rings. The molecule has 1 aliphatic rings. The number of nitrogen functional groups attached to an aromatic ring is 1. The van der Waals surface area contributed by atoms with E-state index in [-0.39, 0.29) is 28.5 Å². The van der Waals surface area contributed by atoms with Gasteiger partial charge >= 0.3 is 0 Å². The number of hydrogen-bond acceptors (Lipinski definition) is 3. The van der Waals surface area contributed by atoms with Crippen LogP contribution in [0.5, 0.6) is 0 Å². The van der Waals surface area contributed by atoms with E-state index in [9.17, 15) is 14.4 Å². The maximum atomic E-state index is 13.7. The predicted molar refractivity (Wildman–Crippen MR) is 121 cm³/mol. The Bertz CT molecular complexity index is 1330. The van der Waals surface area contributed by atoms with Crippen molar-refractivity contribution in [2.75, 3.05) is 5.73 Å². The minimum atomic E-state index is -0.387. The molecule has 32 heavy (non-hydrogen) atoms. The van der Waals surface area contributed by atoms with Crippen molar-refractivity contribution in [2.45, 2.75) is 25.7 Å². The van der Waals surface area contributed by atoms with Crippen molar-refractivity contribution >= 4 is 11.5 Å². The largest absolute Gasteiger partial charge is 0.396 e. The molecule has 0 aliphatic heterocycles. The quantitative estimate of drug-likeness (QED) is 0.443. The normalized spacial score (nSPS) is 12.9. The number of H-pyrrole nitrogens is 1. The van der Waals surface area contributed by atoms with Crippen LogP contribution in [0.25, 0.3) is 17.1 Å². The van der Waals surface area contributed by atoms with E-state index in [1.165, 1.54) is 17.7 Å². The standard InChI is InChI=1S/C26H21FN4O/c27-18-10-12-19(13-11-18)31-24(22-14-17-8-4-5-9-21(17)30-22)20(15-28)23(29)25(31)26(32)16-6-2-1-3-7-16/h1-3,6-7,10-14,30H,4-5,8-9,29H2. The number of aromatic nitrogens is 2. The summed E-state index contributed by atoms with van der Waals surface area (Å²) < 4.78 is 15.4. The number of benzene rings is 2. The molecule has 1 aliphatic carbocycles. The summed E-state index contributed by atoms with van der Waals surface area (Å²) in [5.74, 6) is -0.686. The van der Waals surface area contributed by atoms with E-state index in [4.69, 9.17) is 5.73 Å². The molecule has 0 fully saturated rings. The zero-order valence-corrected chi connectivity index (χ0v) is 17.4. The van der Waals surface area contributed by atoms with Gasteiger partial charge in [-0.2, -0.15) is 5.26 Å². The highest BCUT2D eigenvalue weighted by Gasteiger charge is 2.29. The number of aromatic amines is 1. The van der Waals surface area contributed by atoms with Crippen molar-refractivity contribution < 1.29 is 9.18 Å². The first-order valence-corrected chi connectivity index (χ1v) is 10.6. The number of nitrogens with zero attached hydrogens (tertiary/aromatic N) is 2. The fourth-order valence-corrected chi connectivity index (χ4v) is 4.49. The van der Waals surface area contributed by atoms with Gasteiger partial charge in [-0.3, -0.25) is 4.79 Å². The number of nitrogens with two attached hydrogens (primary N) is 1. The Morgan fingerprint density at radius 2 is 1.78 bits per heavy atom. The summed E-state index contributed by atoms with van der Waals surface area (Å²) in [4.78, 5) is 17.0. The lowest BCUT2D eigenvalue weighted by molar-refractivity contribution is 0.103. The van der Waals surface area contributed by atoms with Crippen LogP contribution in [0.2, 0.25) is 0 Å². The minimum absolute atomic E-state index is 0.119. The number of rotatable bonds is 4. The molecule has 0 atom stereocenters. The molecule has 0 saturated heterocycles. The Balaban J connectivity index is 1.81. The smallest absolute Gasteiger partial charge is 0.211 e. The topological polar surface area (TPSA) is 87.6 Å². The molecule has 5 nitrogen and oxygen atoms in total. The van der Waals surface area contributed by atoms with E-state index < -0.39 is 0 Å². The number of hydrogen-bond donors (Lipinski definition) is 2. The van der Waals surface area contributed by atoms with Crippen LogP contribution in [-0.2, 0) is 12.8 Å². The van der Waals surface area contributed by atoms with E-state index >= 15 is 0 Å². The second-order valence-corrected chi connectivity index (χ2v) is 8.00. The molecule has 2 heterocycles. The number of carbonyl (C=O) groups excluding carboxylic acids is 1. The third kappa shape index (κ3) is 3.19. The number of ketones is 1. The molecule has 0 amide bonds. The van der Waals surface area contributed by atoms with E-state index in [0.29, 0.717) is 16.9 Å². The first-order valence-electron chi connectivity index (χ1n) is 10.6. The Kier molecular flexibility index (Phi) is 4.87. The third-order valence-electron chi connectivity index (χ3n) is 6.03. The molecule has 0 unspecified atom stereocenters. The van der Waals surface area contributed by atoms with Crippen LogP contribution >= 0.6 is 0 Å². The summed E-state index contributed by atoms with van der Waals surface area (Å²) in [6.45, 7) is 0. The second kappa shape index (κ2) is 7.86. The molecular formula is C26H21FN4O. The average Bonchev–Trinajstić information content (AvgIpc) is 3.38. The SMILES string of the molecule is N#Cc1c(N)c(C(=O)c2ccccc2)n(-c2ccc(F)cc2)c1-c1cc2c([nH]1)CCCC2. The van der Waals surface area contributed by atoms with E-state index in [1.54, 1.807) is 41.0 Å². The highest BCUT2D eigenvalue weighted by Crippen LogP contribution is 2.38. The van der Waals surface area contributed by atoms with E-state index in [2.05, 4.69) is 11.1 Å². The molecule has 0 radical (unpaired) electrons. The number of fused-ring (bicyclic) bond motifs is 1. The maximum Gasteiger partial charge on any atom is 0.211 e. The zero-order valence-electron chi connectivity index (χ0n) is 17.4. The zero-order chi connectivity index (χ0) is 22.2. The summed E-state index contributed by atoms with van der Waals surface area (Å²) >= 11 is 0. The van der Waals surface area contributed by atoms with Crippen molar-refractivity contribution in [1.29, 1.82) is 5.26 Å². The first-order chi connectivity index (χ1) is 15.6. The van der Waals surface area contributed by atoms with Crippen molar-refractivity contribution in [1.82, 2.24) is 9.55 Å². The van der Waals surface area contributed by atoms with Crippen LogP contribution < -0.4 is 5.73 Å². The fraction of sp³-hybridized carbons (Fsp3) is 0.154. The average molecular weight is 424 g/mol. The number of halogens is 1. The van der Waals surface area contributed by atoms with Gasteiger partial charge in [-0.15, -0.1) is 0 Å². The van der Waals surface area contributed by atoms with E-state index in [1.807, 2.05) is 12.1 Å².